The van der Waals surface area contributed by atoms with Crippen LogP contribution in [0.4, 0.5) is 11.5 Å². The predicted octanol–water partition coefficient (Wildman–Crippen LogP) is 1.88. The minimum absolute atomic E-state index is 0.620. The number of anilines is 2. The van der Waals surface area contributed by atoms with E-state index in [0.29, 0.717) is 17.9 Å². The van der Waals surface area contributed by atoms with Crippen molar-refractivity contribution in [2.24, 2.45) is 5.84 Å². The van der Waals surface area contributed by atoms with Gasteiger partial charge in [-0.1, -0.05) is 12.1 Å². The lowest BCUT2D eigenvalue weighted by Crippen LogP contribution is -2.17. The fourth-order valence-electron chi connectivity index (χ4n) is 1.84. The zero-order chi connectivity index (χ0) is 13.7. The van der Waals surface area contributed by atoms with Crippen LogP contribution in [0.3, 0.4) is 0 Å². The number of pyridine rings is 1. The van der Waals surface area contributed by atoms with Gasteiger partial charge in [-0.3, -0.25) is 0 Å². The number of nitrogens with zero attached hydrogens (tertiary/aromatic N) is 3. The van der Waals surface area contributed by atoms with Crippen molar-refractivity contribution in [2.45, 2.75) is 6.54 Å². The van der Waals surface area contributed by atoms with Crippen LogP contribution in [0.25, 0.3) is 0 Å². The quantitative estimate of drug-likeness (QED) is 0.642. The van der Waals surface area contributed by atoms with E-state index in [1.807, 2.05) is 37.4 Å². The van der Waals surface area contributed by atoms with E-state index in [9.17, 15) is 0 Å². The van der Waals surface area contributed by atoms with Crippen molar-refractivity contribution in [1.29, 1.82) is 5.26 Å². The maximum atomic E-state index is 8.89. The first-order chi connectivity index (χ1) is 9.22. The summed E-state index contributed by atoms with van der Waals surface area (Å²) >= 11 is 0. The third-order valence-electron chi connectivity index (χ3n) is 2.81. The van der Waals surface area contributed by atoms with E-state index in [2.05, 4.69) is 21.4 Å². The first kappa shape index (κ1) is 12.9. The van der Waals surface area contributed by atoms with Gasteiger partial charge in [-0.2, -0.15) is 5.26 Å². The molecule has 0 aliphatic heterocycles. The molecule has 0 aliphatic carbocycles. The predicted molar refractivity (Wildman–Crippen MR) is 75.3 cm³/mol. The summed E-state index contributed by atoms with van der Waals surface area (Å²) in [6.07, 6.45) is 1.70. The van der Waals surface area contributed by atoms with Crippen molar-refractivity contribution < 1.29 is 0 Å². The Morgan fingerprint density at radius 3 is 2.95 bits per heavy atom. The number of nitriles is 1. The van der Waals surface area contributed by atoms with Gasteiger partial charge in [0.1, 0.15) is 5.82 Å². The molecule has 0 fully saturated rings. The molecule has 2 aromatic rings. The standard InChI is InChI=1S/C14H15N5/c1-19(13-5-6-17-14(8-13)18-16)10-12-4-2-3-11(7-12)9-15/h2-8H,10,16H2,1H3,(H,17,18). The number of hydrogen-bond acceptors (Lipinski definition) is 5. The molecule has 3 N–H and O–H groups in total. The Bertz CT molecular complexity index is 603. The van der Waals surface area contributed by atoms with Gasteiger partial charge in [0.05, 0.1) is 11.6 Å². The van der Waals surface area contributed by atoms with Gasteiger partial charge in [0.15, 0.2) is 0 Å². The summed E-state index contributed by atoms with van der Waals surface area (Å²) in [6.45, 7) is 0.712. The minimum atomic E-state index is 0.620. The molecule has 19 heavy (non-hydrogen) atoms. The second kappa shape index (κ2) is 5.85. The zero-order valence-corrected chi connectivity index (χ0v) is 10.7. The van der Waals surface area contributed by atoms with Crippen LogP contribution >= 0.6 is 0 Å². The lowest BCUT2D eigenvalue weighted by Gasteiger charge is -2.19. The number of nitrogens with two attached hydrogens (primary N) is 1. The molecular weight excluding hydrogens is 238 g/mol. The maximum Gasteiger partial charge on any atom is 0.141 e. The molecule has 0 spiro atoms. The highest BCUT2D eigenvalue weighted by Gasteiger charge is 2.04. The largest absolute Gasteiger partial charge is 0.370 e. The van der Waals surface area contributed by atoms with Crippen LogP contribution in [-0.4, -0.2) is 12.0 Å². The molecule has 2 rings (SSSR count). The molecule has 0 unspecified atom stereocenters. The minimum Gasteiger partial charge on any atom is -0.370 e. The third-order valence-corrected chi connectivity index (χ3v) is 2.81. The highest BCUT2D eigenvalue weighted by Crippen LogP contribution is 2.18. The molecule has 0 radical (unpaired) electrons. The van der Waals surface area contributed by atoms with Crippen molar-refractivity contribution in [3.05, 3.63) is 53.7 Å². The Labute approximate surface area is 112 Å². The van der Waals surface area contributed by atoms with Crippen LogP contribution in [0, 0.1) is 11.3 Å². The van der Waals surface area contributed by atoms with Crippen LogP contribution < -0.4 is 16.2 Å². The van der Waals surface area contributed by atoms with Crippen LogP contribution in [0.2, 0.25) is 0 Å². The second-order valence-electron chi connectivity index (χ2n) is 4.21. The highest BCUT2D eigenvalue weighted by atomic mass is 15.2. The molecule has 0 amide bonds. The van der Waals surface area contributed by atoms with Crippen molar-refractivity contribution in [3.63, 3.8) is 0 Å². The Balaban J connectivity index is 2.15. The SMILES string of the molecule is CN(Cc1cccc(C#N)c1)c1ccnc(NN)c1. The molecular formula is C14H15N5. The number of aromatic nitrogens is 1. The zero-order valence-electron chi connectivity index (χ0n) is 10.7. The van der Waals surface area contributed by atoms with Crippen molar-refractivity contribution in [2.75, 3.05) is 17.4 Å². The van der Waals surface area contributed by atoms with E-state index < -0.39 is 0 Å². The lowest BCUT2D eigenvalue weighted by atomic mass is 10.1. The average molecular weight is 253 g/mol. The Hall–Kier alpha value is -2.58. The van der Waals surface area contributed by atoms with E-state index in [4.69, 9.17) is 11.1 Å². The Morgan fingerprint density at radius 2 is 2.21 bits per heavy atom. The highest BCUT2D eigenvalue weighted by molar-refractivity contribution is 5.53. The summed E-state index contributed by atoms with van der Waals surface area (Å²) in [7, 11) is 1.98. The van der Waals surface area contributed by atoms with Gasteiger partial charge >= 0.3 is 0 Å². The van der Waals surface area contributed by atoms with E-state index in [1.54, 1.807) is 12.3 Å². The molecule has 1 heterocycles. The maximum absolute atomic E-state index is 8.89. The van der Waals surface area contributed by atoms with Gasteiger partial charge in [0.2, 0.25) is 0 Å². The fraction of sp³-hybridized carbons (Fsp3) is 0.143. The Kier molecular flexibility index (Phi) is 3.96. The fourth-order valence-corrected chi connectivity index (χ4v) is 1.84. The van der Waals surface area contributed by atoms with Gasteiger partial charge in [0.25, 0.3) is 0 Å². The van der Waals surface area contributed by atoms with E-state index in [0.717, 1.165) is 11.3 Å². The van der Waals surface area contributed by atoms with Crippen molar-refractivity contribution in [1.82, 2.24) is 4.98 Å². The van der Waals surface area contributed by atoms with E-state index in [1.165, 1.54) is 0 Å². The number of nitrogens with one attached hydrogen (secondary N) is 1. The van der Waals surface area contributed by atoms with Crippen LogP contribution in [0.5, 0.6) is 0 Å². The molecule has 1 aromatic heterocycles. The summed E-state index contributed by atoms with van der Waals surface area (Å²) in [5.41, 5.74) is 5.28. The van der Waals surface area contributed by atoms with Crippen LogP contribution in [0.1, 0.15) is 11.1 Å². The monoisotopic (exact) mass is 253 g/mol. The van der Waals surface area contributed by atoms with Gasteiger partial charge in [0, 0.05) is 31.5 Å². The van der Waals surface area contributed by atoms with Gasteiger partial charge in [-0.25, -0.2) is 10.8 Å². The van der Waals surface area contributed by atoms with Crippen LogP contribution in [0.15, 0.2) is 42.6 Å². The van der Waals surface area contributed by atoms with Crippen LogP contribution in [-0.2, 0) is 6.54 Å². The number of hydrogen-bond donors (Lipinski definition) is 2. The Morgan fingerprint density at radius 1 is 1.37 bits per heavy atom. The molecule has 0 atom stereocenters. The average Bonchev–Trinajstić information content (AvgIpc) is 2.47. The molecule has 0 bridgehead atoms. The molecule has 5 heteroatoms. The normalized spacial score (nSPS) is 9.74. The molecule has 0 saturated carbocycles. The van der Waals surface area contributed by atoms with E-state index in [-0.39, 0.29) is 0 Å². The molecule has 5 nitrogen and oxygen atoms in total. The molecule has 1 aromatic carbocycles. The summed E-state index contributed by atoms with van der Waals surface area (Å²) in [4.78, 5) is 6.14. The summed E-state index contributed by atoms with van der Waals surface area (Å²) in [5.74, 6) is 5.96. The summed E-state index contributed by atoms with van der Waals surface area (Å²) < 4.78 is 0. The van der Waals surface area contributed by atoms with Gasteiger partial charge in [-0.15, -0.1) is 0 Å². The lowest BCUT2D eigenvalue weighted by molar-refractivity contribution is 0.920. The number of benzene rings is 1. The van der Waals surface area contributed by atoms with Crippen molar-refractivity contribution >= 4 is 11.5 Å². The van der Waals surface area contributed by atoms with Gasteiger partial charge < -0.3 is 10.3 Å². The summed E-state index contributed by atoms with van der Waals surface area (Å²) in [6, 6.07) is 13.5. The summed E-state index contributed by atoms with van der Waals surface area (Å²) in [5, 5.41) is 8.89. The molecule has 96 valence electrons. The number of hydrazine groups is 1. The first-order valence-electron chi connectivity index (χ1n) is 5.86. The topological polar surface area (TPSA) is 78.0 Å². The van der Waals surface area contributed by atoms with E-state index >= 15 is 0 Å². The second-order valence-corrected chi connectivity index (χ2v) is 4.21. The van der Waals surface area contributed by atoms with Gasteiger partial charge in [-0.05, 0) is 23.8 Å². The smallest absolute Gasteiger partial charge is 0.141 e. The third kappa shape index (κ3) is 3.21. The molecule has 0 aliphatic rings. The number of nitrogen functional groups attached to an aromatic ring is 1. The van der Waals surface area contributed by atoms with Crippen molar-refractivity contribution in [3.8, 4) is 6.07 Å². The molecule has 0 saturated heterocycles. The first-order valence-corrected chi connectivity index (χ1v) is 5.86. The number of rotatable bonds is 4.